The molecule has 0 saturated carbocycles. The number of nitrogens with one attached hydrogen (secondary N) is 2. The first-order valence-corrected chi connectivity index (χ1v) is 9.77. The van der Waals surface area contributed by atoms with Crippen LogP contribution in [0.3, 0.4) is 0 Å². The summed E-state index contributed by atoms with van der Waals surface area (Å²) in [6, 6.07) is 13.9. The van der Waals surface area contributed by atoms with Gasteiger partial charge in [-0.3, -0.25) is 0 Å². The molecule has 1 atom stereocenters. The highest BCUT2D eigenvalue weighted by molar-refractivity contribution is 5.74. The zero-order valence-electron chi connectivity index (χ0n) is 15.8. The molecular weight excluding hydrogens is 354 g/mol. The van der Waals surface area contributed by atoms with E-state index in [4.69, 9.17) is 9.72 Å². The van der Waals surface area contributed by atoms with E-state index in [2.05, 4.69) is 32.3 Å². The molecule has 7 nitrogen and oxygen atoms in total. The van der Waals surface area contributed by atoms with Crippen LogP contribution in [0.15, 0.2) is 48.7 Å². The van der Waals surface area contributed by atoms with Crippen LogP contribution in [-0.4, -0.2) is 46.4 Å². The lowest BCUT2D eigenvalue weighted by atomic mass is 10.2. The highest BCUT2D eigenvalue weighted by atomic mass is 16.5. The number of carbonyl (C=O) groups is 1. The number of rotatable bonds is 7. The summed E-state index contributed by atoms with van der Waals surface area (Å²) < 4.78 is 7.64. The number of carbonyl (C=O) groups excluding carboxylic acids is 1. The van der Waals surface area contributed by atoms with E-state index in [-0.39, 0.29) is 12.1 Å². The first-order valence-electron chi connectivity index (χ1n) is 9.77. The molecule has 1 aromatic carbocycles. The Kier molecular flexibility index (Phi) is 5.82. The second-order valence-electron chi connectivity index (χ2n) is 6.97. The monoisotopic (exact) mass is 379 g/mol. The molecule has 3 heterocycles. The number of urea groups is 1. The second kappa shape index (κ2) is 8.84. The van der Waals surface area contributed by atoms with Crippen molar-refractivity contribution in [2.24, 2.45) is 0 Å². The highest BCUT2D eigenvalue weighted by Crippen LogP contribution is 2.16. The molecule has 28 heavy (non-hydrogen) atoms. The van der Waals surface area contributed by atoms with Crippen molar-refractivity contribution in [3.8, 4) is 0 Å². The number of fused-ring (bicyclic) bond motifs is 1. The lowest BCUT2D eigenvalue weighted by Crippen LogP contribution is -2.40. The standard InChI is InChI=1S/C21H25N5O2/c27-21(24-14-17-8-5-13-28-17)23-12-10-19-25-18-9-4-11-22-20(18)26(19)15-16-6-2-1-3-7-16/h1-4,6-7,9,11,17H,5,8,10,12-15H2,(H2,23,24,27)/t17-/m1/s1. The number of amides is 2. The molecule has 1 aliphatic rings. The van der Waals surface area contributed by atoms with Gasteiger partial charge in [-0.25, -0.2) is 14.8 Å². The molecule has 4 rings (SSSR count). The van der Waals surface area contributed by atoms with Crippen molar-refractivity contribution in [1.82, 2.24) is 25.2 Å². The summed E-state index contributed by atoms with van der Waals surface area (Å²) >= 11 is 0. The maximum Gasteiger partial charge on any atom is 0.314 e. The summed E-state index contributed by atoms with van der Waals surface area (Å²) in [6.45, 7) is 2.56. The molecule has 0 unspecified atom stereocenters. The first-order chi connectivity index (χ1) is 13.8. The van der Waals surface area contributed by atoms with E-state index >= 15 is 0 Å². The fraction of sp³-hybridized carbons (Fsp3) is 0.381. The molecule has 2 aromatic heterocycles. The van der Waals surface area contributed by atoms with Gasteiger partial charge in [-0.2, -0.15) is 0 Å². The second-order valence-corrected chi connectivity index (χ2v) is 6.97. The van der Waals surface area contributed by atoms with E-state index in [0.717, 1.165) is 36.4 Å². The van der Waals surface area contributed by atoms with Crippen molar-refractivity contribution < 1.29 is 9.53 Å². The van der Waals surface area contributed by atoms with Gasteiger partial charge in [0, 0.05) is 32.3 Å². The molecule has 0 aliphatic carbocycles. The minimum absolute atomic E-state index is 0.145. The van der Waals surface area contributed by atoms with Gasteiger partial charge in [0.25, 0.3) is 0 Å². The van der Waals surface area contributed by atoms with Crippen LogP contribution in [0.25, 0.3) is 11.2 Å². The van der Waals surface area contributed by atoms with Crippen LogP contribution in [0.4, 0.5) is 4.79 Å². The fourth-order valence-corrected chi connectivity index (χ4v) is 3.49. The van der Waals surface area contributed by atoms with Crippen LogP contribution in [0.2, 0.25) is 0 Å². The predicted octanol–water partition coefficient (Wildman–Crippen LogP) is 2.50. The van der Waals surface area contributed by atoms with E-state index in [1.807, 2.05) is 30.3 Å². The highest BCUT2D eigenvalue weighted by Gasteiger charge is 2.16. The van der Waals surface area contributed by atoms with E-state index in [1.54, 1.807) is 6.20 Å². The minimum Gasteiger partial charge on any atom is -0.376 e. The van der Waals surface area contributed by atoms with E-state index in [0.29, 0.717) is 26.1 Å². The van der Waals surface area contributed by atoms with Crippen LogP contribution < -0.4 is 10.6 Å². The number of hydrogen-bond acceptors (Lipinski definition) is 4. The Hall–Kier alpha value is -2.93. The third-order valence-corrected chi connectivity index (χ3v) is 4.91. The van der Waals surface area contributed by atoms with Gasteiger partial charge in [0.15, 0.2) is 5.65 Å². The Morgan fingerprint density at radius 1 is 1.18 bits per heavy atom. The van der Waals surface area contributed by atoms with E-state index < -0.39 is 0 Å². The summed E-state index contributed by atoms with van der Waals surface area (Å²) in [4.78, 5) is 21.2. The van der Waals surface area contributed by atoms with Crippen LogP contribution in [0, 0.1) is 0 Å². The minimum atomic E-state index is -0.167. The number of nitrogens with zero attached hydrogens (tertiary/aromatic N) is 3. The third-order valence-electron chi connectivity index (χ3n) is 4.91. The maximum atomic E-state index is 12.0. The summed E-state index contributed by atoms with van der Waals surface area (Å²) in [5.74, 6) is 0.914. The number of ether oxygens (including phenoxy) is 1. The molecule has 1 saturated heterocycles. The predicted molar refractivity (Wildman–Crippen MR) is 107 cm³/mol. The lowest BCUT2D eigenvalue weighted by Gasteiger charge is -2.12. The lowest BCUT2D eigenvalue weighted by molar-refractivity contribution is 0.111. The van der Waals surface area contributed by atoms with Crippen LogP contribution in [0.1, 0.15) is 24.2 Å². The number of aromatic nitrogens is 3. The smallest absolute Gasteiger partial charge is 0.314 e. The van der Waals surface area contributed by atoms with Crippen molar-refractivity contribution in [2.75, 3.05) is 19.7 Å². The van der Waals surface area contributed by atoms with Gasteiger partial charge in [0.05, 0.1) is 12.6 Å². The van der Waals surface area contributed by atoms with Gasteiger partial charge >= 0.3 is 6.03 Å². The van der Waals surface area contributed by atoms with Crippen LogP contribution in [0.5, 0.6) is 0 Å². The fourth-order valence-electron chi connectivity index (χ4n) is 3.49. The average molecular weight is 379 g/mol. The number of hydrogen-bond donors (Lipinski definition) is 2. The zero-order chi connectivity index (χ0) is 19.2. The largest absolute Gasteiger partial charge is 0.376 e. The summed E-state index contributed by atoms with van der Waals surface area (Å²) in [7, 11) is 0. The molecule has 1 aliphatic heterocycles. The van der Waals surface area contributed by atoms with Crippen molar-refractivity contribution in [3.05, 3.63) is 60.0 Å². The van der Waals surface area contributed by atoms with Crippen molar-refractivity contribution in [3.63, 3.8) is 0 Å². The topological polar surface area (TPSA) is 81.1 Å². The van der Waals surface area contributed by atoms with Gasteiger partial charge in [0.1, 0.15) is 11.3 Å². The molecule has 1 fully saturated rings. The molecule has 0 radical (unpaired) electrons. The Labute approximate surface area is 164 Å². The van der Waals surface area contributed by atoms with Crippen LogP contribution >= 0.6 is 0 Å². The Morgan fingerprint density at radius 3 is 2.89 bits per heavy atom. The Balaban J connectivity index is 1.38. The molecule has 0 bridgehead atoms. The number of pyridine rings is 1. The Morgan fingerprint density at radius 2 is 2.07 bits per heavy atom. The molecule has 2 amide bonds. The normalized spacial score (nSPS) is 16.4. The zero-order valence-corrected chi connectivity index (χ0v) is 15.8. The van der Waals surface area contributed by atoms with Crippen molar-refractivity contribution in [1.29, 1.82) is 0 Å². The van der Waals surface area contributed by atoms with Gasteiger partial charge in [-0.15, -0.1) is 0 Å². The van der Waals surface area contributed by atoms with Gasteiger partial charge in [0.2, 0.25) is 0 Å². The molecule has 2 N–H and O–H groups in total. The van der Waals surface area contributed by atoms with Crippen molar-refractivity contribution in [2.45, 2.75) is 31.9 Å². The molecule has 7 heteroatoms. The van der Waals surface area contributed by atoms with E-state index in [9.17, 15) is 4.79 Å². The molecule has 146 valence electrons. The maximum absolute atomic E-state index is 12.0. The van der Waals surface area contributed by atoms with Gasteiger partial charge in [-0.1, -0.05) is 30.3 Å². The molecule has 0 spiro atoms. The number of imidazole rings is 1. The quantitative estimate of drug-likeness (QED) is 0.661. The van der Waals surface area contributed by atoms with Gasteiger partial charge < -0.3 is 19.9 Å². The van der Waals surface area contributed by atoms with Crippen LogP contribution in [-0.2, 0) is 17.7 Å². The van der Waals surface area contributed by atoms with Crippen molar-refractivity contribution >= 4 is 17.2 Å². The summed E-state index contributed by atoms with van der Waals surface area (Å²) in [6.07, 6.45) is 4.64. The third kappa shape index (κ3) is 4.48. The summed E-state index contributed by atoms with van der Waals surface area (Å²) in [5, 5.41) is 5.79. The summed E-state index contributed by atoms with van der Waals surface area (Å²) in [5.41, 5.74) is 2.93. The Bertz CT molecular complexity index is 919. The number of benzene rings is 1. The SMILES string of the molecule is O=C(NCCc1nc2cccnc2n1Cc1ccccc1)NC[C@H]1CCCO1. The first kappa shape index (κ1) is 18.4. The van der Waals surface area contributed by atoms with Gasteiger partial charge in [-0.05, 0) is 30.5 Å². The molecule has 3 aromatic rings. The molecular formula is C21H25N5O2. The van der Waals surface area contributed by atoms with E-state index in [1.165, 1.54) is 5.56 Å². The average Bonchev–Trinajstić information content (AvgIpc) is 3.36.